The molecular weight excluding hydrogens is 242 g/mol. The summed E-state index contributed by atoms with van der Waals surface area (Å²) in [6, 6.07) is 0. The summed E-state index contributed by atoms with van der Waals surface area (Å²) in [6.45, 7) is 8.46. The highest BCUT2D eigenvalue weighted by Crippen LogP contribution is 2.21. The minimum absolute atomic E-state index is 0.00829. The first-order valence-electron chi connectivity index (χ1n) is 6.78. The van der Waals surface area contributed by atoms with E-state index in [1.54, 1.807) is 6.92 Å². The standard InChI is InChI=1S/C14H21N3O2/c1-4-11-12(10(3)18)9(2)16-13(11)14(19)17-7-5-15-6-8-17/h15-16H,4-8H2,1-3H3. The molecule has 0 saturated carbocycles. The smallest absolute Gasteiger partial charge is 0.270 e. The average Bonchev–Trinajstić information content (AvgIpc) is 2.75. The van der Waals surface area contributed by atoms with E-state index in [0.717, 1.165) is 37.4 Å². The van der Waals surface area contributed by atoms with E-state index in [4.69, 9.17) is 0 Å². The zero-order chi connectivity index (χ0) is 14.0. The Kier molecular flexibility index (Phi) is 4.04. The Morgan fingerprint density at radius 3 is 2.42 bits per heavy atom. The Balaban J connectivity index is 2.36. The molecule has 0 aliphatic carbocycles. The maximum absolute atomic E-state index is 12.5. The van der Waals surface area contributed by atoms with Crippen molar-refractivity contribution in [3.8, 4) is 0 Å². The Labute approximate surface area is 113 Å². The van der Waals surface area contributed by atoms with E-state index in [1.807, 2.05) is 18.7 Å². The number of Topliss-reactive ketones (excluding diaryl/α,β-unsaturated/α-hetero) is 1. The van der Waals surface area contributed by atoms with Crippen molar-refractivity contribution in [2.24, 2.45) is 0 Å². The molecule has 2 rings (SSSR count). The van der Waals surface area contributed by atoms with Crippen LogP contribution in [0.3, 0.4) is 0 Å². The third-order valence-corrected chi connectivity index (χ3v) is 3.61. The van der Waals surface area contributed by atoms with Gasteiger partial charge >= 0.3 is 0 Å². The molecule has 0 unspecified atom stereocenters. The molecule has 2 N–H and O–H groups in total. The van der Waals surface area contributed by atoms with Gasteiger partial charge in [0.1, 0.15) is 5.69 Å². The van der Waals surface area contributed by atoms with Crippen LogP contribution in [0.4, 0.5) is 0 Å². The zero-order valence-electron chi connectivity index (χ0n) is 11.8. The van der Waals surface area contributed by atoms with Gasteiger partial charge in [0.15, 0.2) is 5.78 Å². The second kappa shape index (κ2) is 5.57. The van der Waals surface area contributed by atoms with Crippen LogP contribution in [0, 0.1) is 6.92 Å². The van der Waals surface area contributed by atoms with Gasteiger partial charge in [-0.2, -0.15) is 0 Å². The SMILES string of the molecule is CCc1c(C(=O)N2CCNCC2)[nH]c(C)c1C(C)=O. The van der Waals surface area contributed by atoms with Crippen LogP contribution in [0.25, 0.3) is 0 Å². The van der Waals surface area contributed by atoms with Gasteiger partial charge in [-0.1, -0.05) is 6.92 Å². The summed E-state index contributed by atoms with van der Waals surface area (Å²) < 4.78 is 0. The fourth-order valence-corrected chi connectivity index (χ4v) is 2.72. The van der Waals surface area contributed by atoms with Crippen LogP contribution in [0.15, 0.2) is 0 Å². The lowest BCUT2D eigenvalue weighted by Gasteiger charge is -2.27. The lowest BCUT2D eigenvalue weighted by atomic mass is 10.0. The van der Waals surface area contributed by atoms with Crippen molar-refractivity contribution in [2.45, 2.75) is 27.2 Å². The summed E-state index contributed by atoms with van der Waals surface area (Å²) in [7, 11) is 0. The number of piperazine rings is 1. The van der Waals surface area contributed by atoms with E-state index in [9.17, 15) is 9.59 Å². The topological polar surface area (TPSA) is 65.2 Å². The number of nitrogens with zero attached hydrogens (tertiary/aromatic N) is 1. The summed E-state index contributed by atoms with van der Waals surface area (Å²) in [5, 5.41) is 3.23. The third-order valence-electron chi connectivity index (χ3n) is 3.61. The number of ketones is 1. The van der Waals surface area contributed by atoms with Crippen LogP contribution < -0.4 is 5.32 Å². The fraction of sp³-hybridized carbons (Fsp3) is 0.571. The minimum Gasteiger partial charge on any atom is -0.354 e. The number of nitrogens with one attached hydrogen (secondary N) is 2. The van der Waals surface area contributed by atoms with Gasteiger partial charge in [-0.15, -0.1) is 0 Å². The fourth-order valence-electron chi connectivity index (χ4n) is 2.72. The Bertz CT molecular complexity index is 499. The normalized spacial score (nSPS) is 15.6. The molecule has 19 heavy (non-hydrogen) atoms. The van der Waals surface area contributed by atoms with Crippen molar-refractivity contribution in [3.05, 3.63) is 22.5 Å². The molecule has 1 aromatic rings. The Morgan fingerprint density at radius 1 is 1.26 bits per heavy atom. The molecule has 1 aromatic heterocycles. The monoisotopic (exact) mass is 263 g/mol. The lowest BCUT2D eigenvalue weighted by Crippen LogP contribution is -2.46. The predicted molar refractivity (Wildman–Crippen MR) is 73.7 cm³/mol. The molecule has 1 saturated heterocycles. The summed E-state index contributed by atoms with van der Waals surface area (Å²) in [6.07, 6.45) is 0.687. The van der Waals surface area contributed by atoms with Crippen LogP contribution >= 0.6 is 0 Å². The number of amides is 1. The number of hydrogen-bond acceptors (Lipinski definition) is 3. The van der Waals surface area contributed by atoms with Gasteiger partial charge in [0.05, 0.1) is 0 Å². The highest BCUT2D eigenvalue weighted by molar-refractivity contribution is 6.02. The van der Waals surface area contributed by atoms with Gasteiger partial charge in [-0.25, -0.2) is 0 Å². The first-order valence-corrected chi connectivity index (χ1v) is 6.78. The molecule has 0 bridgehead atoms. The Morgan fingerprint density at radius 2 is 1.89 bits per heavy atom. The highest BCUT2D eigenvalue weighted by atomic mass is 16.2. The number of aromatic amines is 1. The van der Waals surface area contributed by atoms with Crippen LogP contribution in [0.1, 0.15) is 46.0 Å². The maximum atomic E-state index is 12.5. The predicted octanol–water partition coefficient (Wildman–Crippen LogP) is 1.13. The van der Waals surface area contributed by atoms with Crippen molar-refractivity contribution in [2.75, 3.05) is 26.2 Å². The van der Waals surface area contributed by atoms with Gasteiger partial charge in [0.2, 0.25) is 0 Å². The minimum atomic E-state index is 0.00829. The molecule has 1 fully saturated rings. The maximum Gasteiger partial charge on any atom is 0.270 e. The van der Waals surface area contributed by atoms with Gasteiger partial charge in [0.25, 0.3) is 5.91 Å². The van der Waals surface area contributed by atoms with E-state index in [0.29, 0.717) is 17.7 Å². The molecule has 1 aliphatic rings. The first-order chi connectivity index (χ1) is 9.06. The first kappa shape index (κ1) is 13.8. The van der Waals surface area contributed by atoms with Crippen molar-refractivity contribution in [1.29, 1.82) is 0 Å². The number of rotatable bonds is 3. The van der Waals surface area contributed by atoms with Crippen LogP contribution in [-0.2, 0) is 6.42 Å². The van der Waals surface area contributed by atoms with Gasteiger partial charge in [-0.05, 0) is 25.8 Å². The third kappa shape index (κ3) is 2.56. The molecule has 1 aliphatic heterocycles. The Hall–Kier alpha value is -1.62. The van der Waals surface area contributed by atoms with Crippen LogP contribution in [-0.4, -0.2) is 47.8 Å². The largest absolute Gasteiger partial charge is 0.354 e. The van der Waals surface area contributed by atoms with E-state index < -0.39 is 0 Å². The average molecular weight is 263 g/mol. The molecule has 104 valence electrons. The molecule has 1 amide bonds. The molecule has 5 heteroatoms. The quantitative estimate of drug-likeness (QED) is 0.804. The van der Waals surface area contributed by atoms with Crippen molar-refractivity contribution < 1.29 is 9.59 Å². The van der Waals surface area contributed by atoms with Crippen LogP contribution in [0.2, 0.25) is 0 Å². The molecule has 0 aromatic carbocycles. The van der Waals surface area contributed by atoms with E-state index >= 15 is 0 Å². The number of hydrogen-bond donors (Lipinski definition) is 2. The van der Waals surface area contributed by atoms with Crippen LogP contribution in [0.5, 0.6) is 0 Å². The summed E-state index contributed by atoms with van der Waals surface area (Å²) in [5.41, 5.74) is 2.92. The second-order valence-corrected chi connectivity index (χ2v) is 4.93. The molecular formula is C14H21N3O2. The lowest BCUT2D eigenvalue weighted by molar-refractivity contribution is 0.0729. The highest BCUT2D eigenvalue weighted by Gasteiger charge is 2.25. The summed E-state index contributed by atoms with van der Waals surface area (Å²) >= 11 is 0. The second-order valence-electron chi connectivity index (χ2n) is 4.93. The number of aromatic nitrogens is 1. The molecule has 0 radical (unpaired) electrons. The number of H-pyrrole nitrogens is 1. The molecule has 0 atom stereocenters. The number of aryl methyl sites for hydroxylation is 1. The van der Waals surface area contributed by atoms with Crippen molar-refractivity contribution >= 4 is 11.7 Å². The summed E-state index contributed by atoms with van der Waals surface area (Å²) in [4.78, 5) is 29.2. The van der Waals surface area contributed by atoms with Gasteiger partial charge < -0.3 is 15.2 Å². The van der Waals surface area contributed by atoms with Crippen molar-refractivity contribution in [3.63, 3.8) is 0 Å². The van der Waals surface area contributed by atoms with E-state index in [-0.39, 0.29) is 11.7 Å². The van der Waals surface area contributed by atoms with Gasteiger partial charge in [-0.3, -0.25) is 9.59 Å². The van der Waals surface area contributed by atoms with E-state index in [1.165, 1.54) is 0 Å². The number of carbonyl (C=O) groups excluding carboxylic acids is 2. The van der Waals surface area contributed by atoms with Crippen molar-refractivity contribution in [1.82, 2.24) is 15.2 Å². The number of carbonyl (C=O) groups is 2. The van der Waals surface area contributed by atoms with E-state index in [2.05, 4.69) is 10.3 Å². The molecule has 5 nitrogen and oxygen atoms in total. The molecule has 0 spiro atoms. The zero-order valence-corrected chi connectivity index (χ0v) is 11.8. The van der Waals surface area contributed by atoms with Gasteiger partial charge in [0, 0.05) is 37.4 Å². The summed E-state index contributed by atoms with van der Waals surface area (Å²) in [5.74, 6) is 0.0268. The molecule has 2 heterocycles.